The van der Waals surface area contributed by atoms with E-state index in [4.69, 9.17) is 21.6 Å². The summed E-state index contributed by atoms with van der Waals surface area (Å²) in [5, 5.41) is 12.6. The normalized spacial score (nSPS) is 12.9. The lowest BCUT2D eigenvalue weighted by molar-refractivity contribution is 0.276. The molecule has 18 heavy (non-hydrogen) atoms. The van der Waals surface area contributed by atoms with E-state index in [0.717, 1.165) is 12.1 Å². The van der Waals surface area contributed by atoms with Crippen molar-refractivity contribution < 1.29 is 4.74 Å². The fourth-order valence-electron chi connectivity index (χ4n) is 1.33. The van der Waals surface area contributed by atoms with Gasteiger partial charge in [0.15, 0.2) is 6.10 Å². The zero-order valence-corrected chi connectivity index (χ0v) is 12.0. The van der Waals surface area contributed by atoms with E-state index in [1.165, 1.54) is 0 Å². The first-order valence-electron chi connectivity index (χ1n) is 5.91. The van der Waals surface area contributed by atoms with Crippen molar-refractivity contribution in [3.05, 3.63) is 28.8 Å². The minimum absolute atomic E-state index is 0.0664. The molecule has 0 heterocycles. The van der Waals surface area contributed by atoms with Crippen LogP contribution in [0.15, 0.2) is 18.2 Å². The second kappa shape index (κ2) is 6.08. The highest BCUT2D eigenvalue weighted by Crippen LogP contribution is 2.26. The highest BCUT2D eigenvalue weighted by molar-refractivity contribution is 6.32. The number of benzene rings is 1. The smallest absolute Gasteiger partial charge is 0.181 e. The SMILES string of the molecule is CC(C#N)Oc1ccc(CNC(C)(C)C)cc1Cl. The third kappa shape index (κ3) is 4.95. The molecule has 0 aliphatic carbocycles. The van der Waals surface area contributed by atoms with E-state index in [9.17, 15) is 0 Å². The van der Waals surface area contributed by atoms with Crippen LogP contribution in [-0.2, 0) is 6.54 Å². The number of nitriles is 1. The van der Waals surface area contributed by atoms with Crippen LogP contribution < -0.4 is 10.1 Å². The number of hydrogen-bond acceptors (Lipinski definition) is 3. The van der Waals surface area contributed by atoms with Crippen molar-refractivity contribution in [2.45, 2.75) is 45.9 Å². The molecule has 98 valence electrons. The fourth-order valence-corrected chi connectivity index (χ4v) is 1.58. The van der Waals surface area contributed by atoms with Gasteiger partial charge in [-0.05, 0) is 45.4 Å². The second-order valence-corrected chi connectivity index (χ2v) is 5.66. The average molecular weight is 267 g/mol. The molecule has 0 aromatic heterocycles. The first kappa shape index (κ1) is 14.8. The van der Waals surface area contributed by atoms with Gasteiger partial charge in [0.05, 0.1) is 5.02 Å². The Balaban J connectivity index is 2.71. The van der Waals surface area contributed by atoms with Gasteiger partial charge in [-0.1, -0.05) is 17.7 Å². The molecule has 0 aliphatic heterocycles. The summed E-state index contributed by atoms with van der Waals surface area (Å²) in [7, 11) is 0. The van der Waals surface area contributed by atoms with E-state index in [1.807, 2.05) is 18.2 Å². The Labute approximate surface area is 114 Å². The maximum absolute atomic E-state index is 8.69. The van der Waals surface area contributed by atoms with E-state index in [0.29, 0.717) is 10.8 Å². The van der Waals surface area contributed by atoms with E-state index >= 15 is 0 Å². The Hall–Kier alpha value is -1.24. The average Bonchev–Trinajstić information content (AvgIpc) is 2.28. The van der Waals surface area contributed by atoms with Crippen LogP contribution in [-0.4, -0.2) is 11.6 Å². The summed E-state index contributed by atoms with van der Waals surface area (Å²) >= 11 is 6.12. The van der Waals surface area contributed by atoms with Crippen LogP contribution in [0.3, 0.4) is 0 Å². The first-order valence-corrected chi connectivity index (χ1v) is 6.29. The van der Waals surface area contributed by atoms with E-state index < -0.39 is 6.10 Å². The lowest BCUT2D eigenvalue weighted by Crippen LogP contribution is -2.35. The quantitative estimate of drug-likeness (QED) is 0.907. The Bertz CT molecular complexity index is 446. The number of halogens is 1. The van der Waals surface area contributed by atoms with Crippen molar-refractivity contribution in [1.29, 1.82) is 5.26 Å². The van der Waals surface area contributed by atoms with Crippen molar-refractivity contribution in [1.82, 2.24) is 5.32 Å². The van der Waals surface area contributed by atoms with Crippen LogP contribution in [0.5, 0.6) is 5.75 Å². The van der Waals surface area contributed by atoms with Gasteiger partial charge in [-0.15, -0.1) is 0 Å². The van der Waals surface area contributed by atoms with Crippen LogP contribution in [0, 0.1) is 11.3 Å². The number of nitrogens with zero attached hydrogens (tertiary/aromatic N) is 1. The van der Waals surface area contributed by atoms with Crippen LogP contribution in [0.4, 0.5) is 0 Å². The van der Waals surface area contributed by atoms with E-state index in [1.54, 1.807) is 13.0 Å². The lowest BCUT2D eigenvalue weighted by atomic mass is 10.1. The monoisotopic (exact) mass is 266 g/mol. The molecule has 4 heteroatoms. The molecule has 0 radical (unpaired) electrons. The largest absolute Gasteiger partial charge is 0.474 e. The summed E-state index contributed by atoms with van der Waals surface area (Å²) in [6.07, 6.45) is -0.499. The molecular weight excluding hydrogens is 248 g/mol. The predicted molar refractivity (Wildman–Crippen MR) is 73.7 cm³/mol. The zero-order valence-electron chi connectivity index (χ0n) is 11.2. The molecule has 3 nitrogen and oxygen atoms in total. The minimum Gasteiger partial charge on any atom is -0.474 e. The molecule has 0 spiro atoms. The summed E-state index contributed by atoms with van der Waals surface area (Å²) in [6.45, 7) is 8.77. The first-order chi connectivity index (χ1) is 8.31. The van der Waals surface area contributed by atoms with Crippen LogP contribution in [0.2, 0.25) is 5.02 Å². The molecule has 0 saturated carbocycles. The summed E-state index contributed by atoms with van der Waals surface area (Å²) in [6, 6.07) is 7.62. The number of rotatable bonds is 4. The molecule has 0 fully saturated rings. The van der Waals surface area contributed by atoms with Crippen molar-refractivity contribution >= 4 is 11.6 Å². The van der Waals surface area contributed by atoms with Crippen molar-refractivity contribution in [3.8, 4) is 11.8 Å². The molecule has 0 amide bonds. The van der Waals surface area contributed by atoms with Gasteiger partial charge >= 0.3 is 0 Å². The molecule has 0 bridgehead atoms. The van der Waals surface area contributed by atoms with Gasteiger partial charge in [0, 0.05) is 12.1 Å². The highest BCUT2D eigenvalue weighted by Gasteiger charge is 2.10. The Kier molecular flexibility index (Phi) is 5.01. The molecule has 1 rings (SSSR count). The molecule has 1 unspecified atom stereocenters. The van der Waals surface area contributed by atoms with E-state index in [-0.39, 0.29) is 5.54 Å². The summed E-state index contributed by atoms with van der Waals surface area (Å²) < 4.78 is 5.38. The zero-order chi connectivity index (χ0) is 13.8. The molecule has 0 aliphatic rings. The Morgan fingerprint density at radius 1 is 1.44 bits per heavy atom. The molecular formula is C14H19ClN2O. The third-order valence-corrected chi connectivity index (χ3v) is 2.60. The molecule has 1 atom stereocenters. The van der Waals surface area contributed by atoms with Crippen LogP contribution in [0.1, 0.15) is 33.3 Å². The van der Waals surface area contributed by atoms with Crippen molar-refractivity contribution in [3.63, 3.8) is 0 Å². The molecule has 1 N–H and O–H groups in total. The van der Waals surface area contributed by atoms with Gasteiger partial charge in [-0.25, -0.2) is 0 Å². The standard InChI is InChI=1S/C14H19ClN2O/c1-10(8-16)18-13-6-5-11(7-12(13)15)9-17-14(2,3)4/h5-7,10,17H,9H2,1-4H3. The van der Waals surface area contributed by atoms with Crippen molar-refractivity contribution in [2.24, 2.45) is 0 Å². The molecule has 1 aromatic carbocycles. The molecule has 1 aromatic rings. The Morgan fingerprint density at radius 2 is 2.11 bits per heavy atom. The van der Waals surface area contributed by atoms with Crippen LogP contribution >= 0.6 is 11.6 Å². The van der Waals surface area contributed by atoms with Gasteiger partial charge in [0.25, 0.3) is 0 Å². The van der Waals surface area contributed by atoms with Gasteiger partial charge < -0.3 is 10.1 Å². The second-order valence-electron chi connectivity index (χ2n) is 5.26. The van der Waals surface area contributed by atoms with Crippen LogP contribution in [0.25, 0.3) is 0 Å². The molecule has 0 saturated heterocycles. The van der Waals surface area contributed by atoms with Gasteiger partial charge in [0.1, 0.15) is 11.8 Å². The summed E-state index contributed by atoms with van der Waals surface area (Å²) in [5.41, 5.74) is 1.16. The maximum atomic E-state index is 8.69. The number of hydrogen-bond donors (Lipinski definition) is 1. The fraction of sp³-hybridized carbons (Fsp3) is 0.500. The predicted octanol–water partition coefficient (Wildman–Crippen LogP) is 3.52. The van der Waals surface area contributed by atoms with Gasteiger partial charge in [0.2, 0.25) is 0 Å². The maximum Gasteiger partial charge on any atom is 0.181 e. The number of nitrogens with one attached hydrogen (secondary N) is 1. The lowest BCUT2D eigenvalue weighted by Gasteiger charge is -2.20. The summed E-state index contributed by atoms with van der Waals surface area (Å²) in [5.74, 6) is 0.547. The van der Waals surface area contributed by atoms with Crippen molar-refractivity contribution in [2.75, 3.05) is 0 Å². The topological polar surface area (TPSA) is 45.0 Å². The summed E-state index contributed by atoms with van der Waals surface area (Å²) in [4.78, 5) is 0. The van der Waals surface area contributed by atoms with Gasteiger partial charge in [-0.3, -0.25) is 0 Å². The third-order valence-electron chi connectivity index (χ3n) is 2.30. The Morgan fingerprint density at radius 3 is 2.61 bits per heavy atom. The highest BCUT2D eigenvalue weighted by atomic mass is 35.5. The van der Waals surface area contributed by atoms with E-state index in [2.05, 4.69) is 26.1 Å². The number of ether oxygens (including phenoxy) is 1. The van der Waals surface area contributed by atoms with Gasteiger partial charge in [-0.2, -0.15) is 5.26 Å². The minimum atomic E-state index is -0.499.